The molecule has 1 heterocycles. The van der Waals surface area contributed by atoms with E-state index in [2.05, 4.69) is 20.8 Å². The van der Waals surface area contributed by atoms with Gasteiger partial charge in [-0.25, -0.2) is 4.79 Å². The van der Waals surface area contributed by atoms with Crippen molar-refractivity contribution >= 4 is 11.9 Å². The van der Waals surface area contributed by atoms with Gasteiger partial charge in [0.25, 0.3) is 5.91 Å². The maximum atomic E-state index is 11.7. The van der Waals surface area contributed by atoms with Crippen LogP contribution in [0.25, 0.3) is 0 Å². The zero-order valence-electron chi connectivity index (χ0n) is 11.4. The van der Waals surface area contributed by atoms with E-state index in [1.165, 1.54) is 13.5 Å². The molecule has 0 bridgehead atoms. The van der Waals surface area contributed by atoms with Crippen molar-refractivity contribution in [3.05, 3.63) is 11.8 Å². The van der Waals surface area contributed by atoms with Gasteiger partial charge in [0, 0.05) is 13.0 Å². The van der Waals surface area contributed by atoms with Gasteiger partial charge in [-0.1, -0.05) is 19.3 Å². The third kappa shape index (κ3) is 3.25. The molecule has 8 nitrogen and oxygen atoms in total. The fourth-order valence-corrected chi connectivity index (χ4v) is 2.40. The number of hydrogen-bond donors (Lipinski definition) is 3. The first-order valence-electron chi connectivity index (χ1n) is 6.72. The predicted octanol–water partition coefficient (Wildman–Crippen LogP) is 0.573. The lowest BCUT2D eigenvalue weighted by Gasteiger charge is -2.17. The molecule has 1 aromatic heterocycles. The predicted molar refractivity (Wildman–Crippen MR) is 69.7 cm³/mol. The van der Waals surface area contributed by atoms with Crippen LogP contribution in [0.1, 0.15) is 55.8 Å². The molecule has 1 atom stereocenters. The second-order valence-corrected chi connectivity index (χ2v) is 4.87. The Morgan fingerprint density at radius 1 is 1.30 bits per heavy atom. The van der Waals surface area contributed by atoms with E-state index in [0.29, 0.717) is 5.89 Å². The van der Waals surface area contributed by atoms with Gasteiger partial charge in [-0.2, -0.15) is 0 Å². The average molecular weight is 281 g/mol. The fraction of sp³-hybridized carbons (Fsp3) is 0.667. The van der Waals surface area contributed by atoms with E-state index in [9.17, 15) is 9.59 Å². The summed E-state index contributed by atoms with van der Waals surface area (Å²) in [7, 11) is 1.45. The molecule has 0 aromatic carbocycles. The van der Waals surface area contributed by atoms with E-state index >= 15 is 0 Å². The number of carbonyl (C=O) groups excluding carboxylic acids is 2. The Bertz CT molecular complexity index is 481. The molecule has 0 saturated heterocycles. The Hall–Kier alpha value is -2.12. The highest BCUT2D eigenvalue weighted by Gasteiger charge is 2.29. The lowest BCUT2D eigenvalue weighted by Crippen LogP contribution is -2.41. The molecule has 2 rings (SSSR count). The first kappa shape index (κ1) is 14.3. The molecule has 20 heavy (non-hydrogen) atoms. The smallest absolute Gasteiger partial charge is 0.313 e. The summed E-state index contributed by atoms with van der Waals surface area (Å²) in [5, 5.41) is 12.6. The van der Waals surface area contributed by atoms with E-state index in [1.54, 1.807) is 0 Å². The van der Waals surface area contributed by atoms with Crippen LogP contribution in [-0.2, 0) is 4.79 Å². The third-order valence-electron chi connectivity index (χ3n) is 3.45. The van der Waals surface area contributed by atoms with Gasteiger partial charge in [-0.15, -0.1) is 10.2 Å². The standard InChI is InChI=1S/C12H19N5O3/c1-14-9(18)8(15-12(13)19)11-17-16-10(20-11)7-5-3-2-4-6-7/h7-8H,2-6H2,1H3,(H,14,18)(H3,13,15,19). The van der Waals surface area contributed by atoms with Crippen molar-refractivity contribution in [2.45, 2.75) is 44.1 Å². The summed E-state index contributed by atoms with van der Waals surface area (Å²) in [6.07, 6.45) is 5.52. The largest absolute Gasteiger partial charge is 0.422 e. The van der Waals surface area contributed by atoms with Crippen LogP contribution < -0.4 is 16.4 Å². The number of aromatic nitrogens is 2. The van der Waals surface area contributed by atoms with Gasteiger partial charge >= 0.3 is 6.03 Å². The minimum atomic E-state index is -1.05. The van der Waals surface area contributed by atoms with Crippen molar-refractivity contribution in [1.29, 1.82) is 0 Å². The normalized spacial score (nSPS) is 17.4. The molecule has 3 amide bonds. The number of nitrogens with zero attached hydrogens (tertiary/aromatic N) is 2. The molecule has 8 heteroatoms. The highest BCUT2D eigenvalue weighted by atomic mass is 16.4. The van der Waals surface area contributed by atoms with Crippen LogP contribution in [0.15, 0.2) is 4.42 Å². The maximum Gasteiger partial charge on any atom is 0.313 e. The number of nitrogens with two attached hydrogens (primary N) is 1. The minimum Gasteiger partial charge on any atom is -0.422 e. The first-order chi connectivity index (χ1) is 9.61. The molecular weight excluding hydrogens is 262 g/mol. The zero-order valence-corrected chi connectivity index (χ0v) is 11.4. The van der Waals surface area contributed by atoms with Crippen LogP contribution in [0.3, 0.4) is 0 Å². The van der Waals surface area contributed by atoms with E-state index in [0.717, 1.165) is 25.7 Å². The van der Waals surface area contributed by atoms with Gasteiger partial charge in [0.2, 0.25) is 11.8 Å². The van der Waals surface area contributed by atoms with Gasteiger partial charge in [0.05, 0.1) is 0 Å². The van der Waals surface area contributed by atoms with Crippen molar-refractivity contribution in [1.82, 2.24) is 20.8 Å². The van der Waals surface area contributed by atoms with E-state index < -0.39 is 18.0 Å². The van der Waals surface area contributed by atoms with Crippen molar-refractivity contribution in [3.63, 3.8) is 0 Å². The Kier molecular flexibility index (Phi) is 4.54. The molecule has 110 valence electrons. The number of primary amides is 1. The van der Waals surface area contributed by atoms with Crippen molar-refractivity contribution in [2.24, 2.45) is 5.73 Å². The Labute approximate surface area is 116 Å². The molecule has 0 spiro atoms. The second kappa shape index (κ2) is 6.36. The topological polar surface area (TPSA) is 123 Å². The van der Waals surface area contributed by atoms with Gasteiger partial charge in [-0.05, 0) is 12.8 Å². The lowest BCUT2D eigenvalue weighted by atomic mass is 9.89. The minimum absolute atomic E-state index is 0.0590. The van der Waals surface area contributed by atoms with Crippen LogP contribution in [0, 0.1) is 0 Å². The van der Waals surface area contributed by atoms with Gasteiger partial charge < -0.3 is 20.8 Å². The molecule has 1 aliphatic carbocycles. The van der Waals surface area contributed by atoms with Crippen LogP contribution in [-0.4, -0.2) is 29.2 Å². The van der Waals surface area contributed by atoms with Crippen molar-refractivity contribution in [3.8, 4) is 0 Å². The second-order valence-electron chi connectivity index (χ2n) is 4.87. The highest BCUT2D eigenvalue weighted by molar-refractivity contribution is 5.86. The summed E-state index contributed by atoms with van der Waals surface area (Å²) >= 11 is 0. The zero-order chi connectivity index (χ0) is 14.5. The molecule has 1 saturated carbocycles. The quantitative estimate of drug-likeness (QED) is 0.744. The molecule has 4 N–H and O–H groups in total. The highest BCUT2D eigenvalue weighted by Crippen LogP contribution is 2.32. The van der Waals surface area contributed by atoms with Crippen LogP contribution >= 0.6 is 0 Å². The number of carbonyl (C=O) groups is 2. The summed E-state index contributed by atoms with van der Waals surface area (Å²) in [5.74, 6) is 0.371. The average Bonchev–Trinajstić information content (AvgIpc) is 2.94. The number of urea groups is 1. The molecule has 1 fully saturated rings. The number of amides is 3. The van der Waals surface area contributed by atoms with Gasteiger partial charge in [-0.3, -0.25) is 4.79 Å². The summed E-state index contributed by atoms with van der Waals surface area (Å²) in [6, 6.07) is -1.88. The molecule has 1 aromatic rings. The van der Waals surface area contributed by atoms with E-state index in [1.807, 2.05) is 0 Å². The first-order valence-corrected chi connectivity index (χ1v) is 6.72. The van der Waals surface area contributed by atoms with Crippen LogP contribution in [0.5, 0.6) is 0 Å². The van der Waals surface area contributed by atoms with E-state index in [4.69, 9.17) is 10.2 Å². The number of nitrogens with one attached hydrogen (secondary N) is 2. The Balaban J connectivity index is 2.15. The maximum absolute atomic E-state index is 11.7. The third-order valence-corrected chi connectivity index (χ3v) is 3.45. The lowest BCUT2D eigenvalue weighted by molar-refractivity contribution is -0.123. The Morgan fingerprint density at radius 2 is 2.00 bits per heavy atom. The molecule has 0 radical (unpaired) electrons. The van der Waals surface area contributed by atoms with Crippen LogP contribution in [0.2, 0.25) is 0 Å². The summed E-state index contributed by atoms with van der Waals surface area (Å²) < 4.78 is 5.56. The summed E-state index contributed by atoms with van der Waals surface area (Å²) in [5.41, 5.74) is 5.05. The van der Waals surface area contributed by atoms with Gasteiger partial charge in [0.1, 0.15) is 0 Å². The molecule has 0 aliphatic heterocycles. The molecule has 1 unspecified atom stereocenters. The SMILES string of the molecule is CNC(=O)C(NC(N)=O)c1nnc(C2CCCCC2)o1. The van der Waals surface area contributed by atoms with Crippen LogP contribution in [0.4, 0.5) is 4.79 Å². The number of rotatable bonds is 4. The number of hydrogen-bond acceptors (Lipinski definition) is 5. The van der Waals surface area contributed by atoms with Crippen molar-refractivity contribution in [2.75, 3.05) is 7.05 Å². The number of likely N-dealkylation sites (N-methyl/N-ethyl adjacent to an activating group) is 1. The monoisotopic (exact) mass is 281 g/mol. The molecular formula is C12H19N5O3. The summed E-state index contributed by atoms with van der Waals surface area (Å²) in [6.45, 7) is 0. The summed E-state index contributed by atoms with van der Waals surface area (Å²) in [4.78, 5) is 22.7. The molecule has 1 aliphatic rings. The fourth-order valence-electron chi connectivity index (χ4n) is 2.40. The van der Waals surface area contributed by atoms with E-state index in [-0.39, 0.29) is 11.8 Å². The Morgan fingerprint density at radius 3 is 2.60 bits per heavy atom. The van der Waals surface area contributed by atoms with Gasteiger partial charge in [0.15, 0.2) is 6.04 Å². The van der Waals surface area contributed by atoms with Crippen molar-refractivity contribution < 1.29 is 14.0 Å².